The van der Waals surface area contributed by atoms with Crippen LogP contribution in [0.1, 0.15) is 18.9 Å². The van der Waals surface area contributed by atoms with E-state index < -0.39 is 11.6 Å². The molecule has 0 aliphatic heterocycles. The topological polar surface area (TPSA) is 36.4 Å². The van der Waals surface area contributed by atoms with Crippen molar-refractivity contribution < 1.29 is 8.78 Å². The van der Waals surface area contributed by atoms with E-state index in [9.17, 15) is 8.78 Å². The van der Waals surface area contributed by atoms with Crippen molar-refractivity contribution in [2.24, 2.45) is 10.9 Å². The average Bonchev–Trinajstić information content (AvgIpc) is 3.07. The molecule has 3 nitrogen and oxygen atoms in total. The van der Waals surface area contributed by atoms with Crippen molar-refractivity contribution in [1.29, 1.82) is 0 Å². The highest BCUT2D eigenvalue weighted by Gasteiger charge is 2.33. The van der Waals surface area contributed by atoms with Gasteiger partial charge in [-0.15, -0.1) is 24.0 Å². The van der Waals surface area contributed by atoms with Crippen LogP contribution in [-0.2, 0) is 6.42 Å². The molecule has 1 aromatic carbocycles. The molecule has 0 heterocycles. The molecule has 0 amide bonds. The predicted octanol–water partition coefficient (Wildman–Crippen LogP) is 2.70. The van der Waals surface area contributed by atoms with Crippen LogP contribution in [0.3, 0.4) is 0 Å². The molecule has 1 aromatic rings. The zero-order valence-electron chi connectivity index (χ0n) is 11.6. The molecule has 6 heteroatoms. The van der Waals surface area contributed by atoms with Crippen molar-refractivity contribution in [3.8, 4) is 0 Å². The summed E-state index contributed by atoms with van der Waals surface area (Å²) in [5, 5.41) is 6.33. The number of nitrogens with zero attached hydrogens (tertiary/aromatic N) is 1. The fraction of sp³-hybridized carbons (Fsp3) is 0.500. The molecule has 112 valence electrons. The third kappa shape index (κ3) is 4.57. The summed E-state index contributed by atoms with van der Waals surface area (Å²) in [6.45, 7) is 2.61. The van der Waals surface area contributed by atoms with Crippen molar-refractivity contribution in [2.45, 2.75) is 25.8 Å². The van der Waals surface area contributed by atoms with E-state index in [4.69, 9.17) is 0 Å². The number of hydrogen-bond acceptors (Lipinski definition) is 1. The van der Waals surface area contributed by atoms with Gasteiger partial charge < -0.3 is 10.6 Å². The molecule has 1 aliphatic rings. The summed E-state index contributed by atoms with van der Waals surface area (Å²) in [5.74, 6) is 0.356. The van der Waals surface area contributed by atoms with Crippen LogP contribution in [0.4, 0.5) is 8.78 Å². The second kappa shape index (κ2) is 7.75. The lowest BCUT2D eigenvalue weighted by Gasteiger charge is -2.12. The summed E-state index contributed by atoms with van der Waals surface area (Å²) < 4.78 is 26.8. The third-order valence-corrected chi connectivity index (χ3v) is 3.38. The van der Waals surface area contributed by atoms with Crippen LogP contribution in [0.25, 0.3) is 0 Å². The van der Waals surface area contributed by atoms with Gasteiger partial charge >= 0.3 is 0 Å². The fourth-order valence-electron chi connectivity index (χ4n) is 1.97. The Morgan fingerprint density at radius 3 is 2.45 bits per heavy atom. The number of halogens is 3. The molecule has 2 rings (SSSR count). The Morgan fingerprint density at radius 1 is 1.35 bits per heavy atom. The van der Waals surface area contributed by atoms with E-state index in [1.165, 1.54) is 18.2 Å². The van der Waals surface area contributed by atoms with E-state index in [-0.39, 0.29) is 29.5 Å². The molecule has 2 atom stereocenters. The molecule has 0 bridgehead atoms. The molecule has 0 spiro atoms. The SMILES string of the molecule is CN=C(NCCc1c(F)cccc1F)NC1CC1C.I. The van der Waals surface area contributed by atoms with E-state index in [2.05, 4.69) is 22.5 Å². The first kappa shape index (κ1) is 17.1. The first-order valence-electron chi connectivity index (χ1n) is 6.52. The highest BCUT2D eigenvalue weighted by Crippen LogP contribution is 2.28. The molecule has 2 unspecified atom stereocenters. The molecular weight excluding hydrogens is 375 g/mol. The number of aliphatic imine (C=N–C) groups is 1. The van der Waals surface area contributed by atoms with Crippen LogP contribution >= 0.6 is 24.0 Å². The van der Waals surface area contributed by atoms with Crippen LogP contribution < -0.4 is 10.6 Å². The van der Waals surface area contributed by atoms with Crippen LogP contribution in [-0.4, -0.2) is 25.6 Å². The van der Waals surface area contributed by atoms with Gasteiger partial charge in [0, 0.05) is 25.2 Å². The quantitative estimate of drug-likeness (QED) is 0.468. The molecular formula is C14H20F2IN3. The minimum atomic E-state index is -0.499. The summed E-state index contributed by atoms with van der Waals surface area (Å²) >= 11 is 0. The minimum absolute atomic E-state index is 0. The van der Waals surface area contributed by atoms with Gasteiger partial charge in [0.25, 0.3) is 0 Å². The Kier molecular flexibility index (Phi) is 6.64. The van der Waals surface area contributed by atoms with Gasteiger partial charge in [-0.05, 0) is 30.9 Å². The smallest absolute Gasteiger partial charge is 0.191 e. The lowest BCUT2D eigenvalue weighted by atomic mass is 10.1. The first-order valence-corrected chi connectivity index (χ1v) is 6.52. The molecule has 0 saturated heterocycles. The number of hydrogen-bond donors (Lipinski definition) is 2. The van der Waals surface area contributed by atoms with E-state index in [1.807, 2.05) is 0 Å². The Balaban J connectivity index is 0.00000200. The van der Waals surface area contributed by atoms with Crippen molar-refractivity contribution in [3.05, 3.63) is 35.4 Å². The lowest BCUT2D eigenvalue weighted by molar-refractivity contribution is 0.553. The van der Waals surface area contributed by atoms with Gasteiger partial charge in [0.1, 0.15) is 11.6 Å². The van der Waals surface area contributed by atoms with Gasteiger partial charge in [-0.2, -0.15) is 0 Å². The monoisotopic (exact) mass is 395 g/mol. The Bertz CT molecular complexity index is 459. The zero-order chi connectivity index (χ0) is 13.8. The van der Waals surface area contributed by atoms with Crippen LogP contribution in [0.5, 0.6) is 0 Å². The normalized spacial score (nSPS) is 21.1. The van der Waals surface area contributed by atoms with E-state index in [1.54, 1.807) is 7.05 Å². The highest BCUT2D eigenvalue weighted by atomic mass is 127. The largest absolute Gasteiger partial charge is 0.356 e. The standard InChI is InChI=1S/C14H19F2N3.HI/c1-9-8-13(9)19-14(17-2)18-7-6-10-11(15)4-3-5-12(10)16;/h3-5,9,13H,6-8H2,1-2H3,(H2,17,18,19);1H. The lowest BCUT2D eigenvalue weighted by Crippen LogP contribution is -2.40. The molecule has 1 saturated carbocycles. The van der Waals surface area contributed by atoms with E-state index >= 15 is 0 Å². The van der Waals surface area contributed by atoms with E-state index in [0.717, 1.165) is 6.42 Å². The molecule has 1 fully saturated rings. The second-order valence-electron chi connectivity index (χ2n) is 4.91. The molecule has 2 N–H and O–H groups in total. The average molecular weight is 395 g/mol. The summed E-state index contributed by atoms with van der Waals surface area (Å²) in [5.41, 5.74) is 0.116. The van der Waals surface area contributed by atoms with Gasteiger partial charge in [0.2, 0.25) is 0 Å². The number of benzene rings is 1. The van der Waals surface area contributed by atoms with Gasteiger partial charge in [0.05, 0.1) is 0 Å². The van der Waals surface area contributed by atoms with Gasteiger partial charge in [-0.1, -0.05) is 13.0 Å². The Hall–Kier alpha value is -0.920. The third-order valence-electron chi connectivity index (χ3n) is 3.38. The van der Waals surface area contributed by atoms with Crippen molar-refractivity contribution in [2.75, 3.05) is 13.6 Å². The van der Waals surface area contributed by atoms with Crippen molar-refractivity contribution in [1.82, 2.24) is 10.6 Å². The number of nitrogens with one attached hydrogen (secondary N) is 2. The van der Waals surface area contributed by atoms with Crippen molar-refractivity contribution >= 4 is 29.9 Å². The van der Waals surface area contributed by atoms with Gasteiger partial charge in [-0.3, -0.25) is 4.99 Å². The predicted molar refractivity (Wildman–Crippen MR) is 87.5 cm³/mol. The Labute approximate surface area is 135 Å². The summed E-state index contributed by atoms with van der Waals surface area (Å²) in [6, 6.07) is 4.39. The molecule has 0 aromatic heterocycles. The molecule has 1 aliphatic carbocycles. The second-order valence-corrected chi connectivity index (χ2v) is 4.91. The summed E-state index contributed by atoms with van der Waals surface area (Å²) in [7, 11) is 1.69. The Morgan fingerprint density at radius 2 is 1.95 bits per heavy atom. The number of guanidine groups is 1. The van der Waals surface area contributed by atoms with E-state index in [0.29, 0.717) is 30.9 Å². The number of rotatable bonds is 4. The summed E-state index contributed by atoms with van der Waals surface area (Å²) in [4.78, 5) is 4.09. The summed E-state index contributed by atoms with van der Waals surface area (Å²) in [6.07, 6.45) is 1.43. The minimum Gasteiger partial charge on any atom is -0.356 e. The molecule has 20 heavy (non-hydrogen) atoms. The first-order chi connectivity index (χ1) is 9.11. The maximum Gasteiger partial charge on any atom is 0.191 e. The van der Waals surface area contributed by atoms with Crippen LogP contribution in [0.2, 0.25) is 0 Å². The van der Waals surface area contributed by atoms with Crippen LogP contribution in [0.15, 0.2) is 23.2 Å². The molecule has 0 radical (unpaired) electrons. The zero-order valence-corrected chi connectivity index (χ0v) is 13.9. The van der Waals surface area contributed by atoms with Crippen LogP contribution in [0, 0.1) is 17.6 Å². The van der Waals surface area contributed by atoms with Gasteiger partial charge in [0.15, 0.2) is 5.96 Å². The highest BCUT2D eigenvalue weighted by molar-refractivity contribution is 14.0. The van der Waals surface area contributed by atoms with Crippen molar-refractivity contribution in [3.63, 3.8) is 0 Å². The maximum absolute atomic E-state index is 13.4. The fourth-order valence-corrected chi connectivity index (χ4v) is 1.97. The maximum atomic E-state index is 13.4. The van der Waals surface area contributed by atoms with Gasteiger partial charge in [-0.25, -0.2) is 8.78 Å².